The van der Waals surface area contributed by atoms with Crippen molar-refractivity contribution in [2.45, 2.75) is 129 Å². The van der Waals surface area contributed by atoms with Crippen molar-refractivity contribution < 1.29 is 86.1 Å². The summed E-state index contributed by atoms with van der Waals surface area (Å²) in [6.45, 7) is 23.0. The number of carbonyl (C=O) groups is 5. The van der Waals surface area contributed by atoms with Crippen molar-refractivity contribution in [3.8, 4) is 57.1 Å². The summed E-state index contributed by atoms with van der Waals surface area (Å²) in [6.07, 6.45) is 7.62. The van der Waals surface area contributed by atoms with Gasteiger partial charge in [-0.3, -0.25) is 24.0 Å². The fourth-order valence-corrected chi connectivity index (χ4v) is 17.4. The number of para-hydroxylation sites is 1. The zero-order valence-electron chi connectivity index (χ0n) is 63.2. The molecule has 111 heavy (non-hydrogen) atoms. The third-order valence-corrected chi connectivity index (χ3v) is 22.8. The lowest BCUT2D eigenvalue weighted by Gasteiger charge is -2.34. The van der Waals surface area contributed by atoms with Crippen LogP contribution in [0.4, 0.5) is 30.6 Å². The summed E-state index contributed by atoms with van der Waals surface area (Å²) in [4.78, 5) is 87.2. The van der Waals surface area contributed by atoms with Crippen molar-refractivity contribution in [2.75, 3.05) is 55.2 Å². The van der Waals surface area contributed by atoms with Crippen LogP contribution in [-0.2, 0) is 39.7 Å². The van der Waals surface area contributed by atoms with Crippen LogP contribution >= 0.6 is 0 Å². The molecule has 5 aliphatic rings. The number of amides is 3. The summed E-state index contributed by atoms with van der Waals surface area (Å²) < 4.78 is 147. The van der Waals surface area contributed by atoms with E-state index in [1.54, 1.807) is 54.7 Å². The van der Waals surface area contributed by atoms with E-state index in [-0.39, 0.29) is 69.0 Å². The van der Waals surface area contributed by atoms with Crippen molar-refractivity contribution in [3.05, 3.63) is 190 Å². The molecule has 1 unspecified atom stereocenters. The van der Waals surface area contributed by atoms with E-state index in [1.807, 2.05) is 66.5 Å². The molecule has 0 saturated carbocycles. The molecular weight excluding hydrogens is 1500 g/mol. The summed E-state index contributed by atoms with van der Waals surface area (Å²) in [7, 11) is -10.1. The zero-order chi connectivity index (χ0) is 80.8. The zero-order valence-corrected chi connectivity index (χ0v) is 65.7. The number of aromatic nitrogens is 4. The van der Waals surface area contributed by atoms with Gasteiger partial charge in [0.1, 0.15) is 38.8 Å². The Kier molecular flexibility index (Phi) is 24.7. The molecule has 7 heterocycles. The number of benzene rings is 3. The number of hydrogen-bond acceptors (Lipinski definition) is 23. The maximum absolute atomic E-state index is 13.3. The normalized spacial score (nSPS) is 18.4. The van der Waals surface area contributed by atoms with Gasteiger partial charge in [-0.15, -0.1) is 13.2 Å². The predicted octanol–water partition coefficient (Wildman–Crippen LogP) is 13.0. The van der Waals surface area contributed by atoms with E-state index in [4.69, 9.17) is 23.9 Å². The van der Waals surface area contributed by atoms with Gasteiger partial charge >= 0.3 is 6.36 Å². The van der Waals surface area contributed by atoms with Crippen LogP contribution in [0.25, 0.3) is 22.5 Å². The Balaban J connectivity index is 0.000000177. The van der Waals surface area contributed by atoms with Gasteiger partial charge in [-0.25, -0.2) is 46.0 Å². The summed E-state index contributed by atoms with van der Waals surface area (Å²) in [5.74, 6) is -0.283. The number of Topliss-reactive ketones (excluding diaryl/α,β-unsaturated/α-hetero) is 2. The maximum atomic E-state index is 13.3. The van der Waals surface area contributed by atoms with Crippen molar-refractivity contribution in [1.82, 2.24) is 34.1 Å². The Bertz CT molecular complexity index is 5230. The van der Waals surface area contributed by atoms with Crippen LogP contribution in [0, 0.1) is 17.8 Å². The van der Waals surface area contributed by atoms with Crippen molar-refractivity contribution in [2.24, 2.45) is 17.8 Å². The van der Waals surface area contributed by atoms with Crippen LogP contribution in [0.5, 0.6) is 34.6 Å². The molecule has 2 aliphatic carbocycles. The molecule has 4 aromatic heterocycles. The average Bonchev–Trinajstić information content (AvgIpc) is 1.63. The van der Waals surface area contributed by atoms with E-state index in [0.717, 1.165) is 43.0 Å². The largest absolute Gasteiger partial charge is 0.573 e. The molecule has 3 N–H and O–H groups in total. The first-order chi connectivity index (χ1) is 52.2. The lowest BCUT2D eigenvalue weighted by Crippen LogP contribution is -2.41. The highest BCUT2D eigenvalue weighted by Gasteiger charge is 2.43. The minimum absolute atomic E-state index is 0.00301. The number of halogens is 3. The van der Waals surface area contributed by atoms with Gasteiger partial charge in [-0.05, 0) is 189 Å². The first kappa shape index (κ1) is 82.5. The summed E-state index contributed by atoms with van der Waals surface area (Å²) >= 11 is 0. The predicted molar refractivity (Wildman–Crippen MR) is 412 cm³/mol. The Labute approximate surface area is 643 Å². The molecule has 26 nitrogen and oxygen atoms in total. The first-order valence-electron chi connectivity index (χ1n) is 35.5. The van der Waals surface area contributed by atoms with E-state index in [0.29, 0.717) is 83.9 Å². The summed E-state index contributed by atoms with van der Waals surface area (Å²) in [5, 5.41) is -0.374. The summed E-state index contributed by atoms with van der Waals surface area (Å²) in [5.41, 5.74) is 1.62. The standard InChI is InChI=1S/C27H31N3O5S.C26H26F3N3O5S.C26H30N4O6S/c1-5-35-20-10-8-9-19(15-20)22-14-13-21(25(28-22)30-17-18(2)16-27(30,3)4)26(32)29-36(33,34)24-12-7-6-11-23(24)31;1-16-14-25(2,3)32(15-16)23-19(24(34)31-38(35,36)22-7-5-4-6-21(22)33)12-13-20(30-23)17-8-10-18(11-9-17)37-26(27,28)29;1-17-15-26(2,3)30(16-17)24-18(9-8-14-27-24)25(31)29-37(32,33)22-13-7-12-21(28-22)36-20-11-6-10-19(34-4)23(20)35-5/h6-10,12-15,18H,5,11,16-17H2,1-4H3,(H,29,32);4-5,7-13,16H,6,14-15H2,1-3H3,(H,31,34);6-14,17H,15-16H2,1-5H3,(H,29,31)/t18-;16-;/m00./s1. The van der Waals surface area contributed by atoms with Crippen LogP contribution in [0.15, 0.2) is 179 Å². The Morgan fingerprint density at radius 3 is 1.47 bits per heavy atom. The Morgan fingerprint density at radius 2 is 1.00 bits per heavy atom. The molecule has 3 amide bonds. The molecule has 32 heteroatoms. The van der Waals surface area contributed by atoms with Gasteiger partial charge in [0.15, 0.2) is 28.1 Å². The lowest BCUT2D eigenvalue weighted by molar-refractivity contribution is -0.274. The second kappa shape index (κ2) is 33.3. The number of sulfonamides is 3. The monoisotopic (exact) mass is 1580 g/mol. The number of nitrogens with one attached hydrogen (secondary N) is 3. The van der Waals surface area contributed by atoms with Crippen molar-refractivity contribution in [3.63, 3.8) is 0 Å². The van der Waals surface area contributed by atoms with Gasteiger partial charge in [0.25, 0.3) is 47.8 Å². The fraction of sp³-hybridized carbons (Fsp3) is 0.354. The number of ketones is 2. The smallest absolute Gasteiger partial charge is 0.494 e. The van der Waals surface area contributed by atoms with E-state index in [9.17, 15) is 62.4 Å². The Morgan fingerprint density at radius 1 is 0.532 bits per heavy atom. The summed E-state index contributed by atoms with van der Waals surface area (Å²) in [6, 6.07) is 31.3. The molecular formula is C79H87F3N10O16S3. The van der Waals surface area contributed by atoms with Crippen LogP contribution < -0.4 is 52.6 Å². The van der Waals surface area contributed by atoms with Gasteiger partial charge in [-0.2, -0.15) is 13.4 Å². The van der Waals surface area contributed by atoms with E-state index in [1.165, 1.54) is 81.0 Å². The molecule has 0 spiro atoms. The molecule has 3 aromatic carbocycles. The van der Waals surface area contributed by atoms with Gasteiger partial charge in [0.05, 0.1) is 48.9 Å². The van der Waals surface area contributed by atoms with Crippen LogP contribution in [0.2, 0.25) is 0 Å². The van der Waals surface area contributed by atoms with Crippen LogP contribution in [0.1, 0.15) is 132 Å². The molecule has 0 bridgehead atoms. The number of anilines is 3. The highest BCUT2D eigenvalue weighted by Crippen LogP contribution is 2.43. The van der Waals surface area contributed by atoms with Gasteiger partial charge in [0.2, 0.25) is 11.6 Å². The van der Waals surface area contributed by atoms with E-state index < -0.39 is 86.8 Å². The molecule has 3 atom stereocenters. The SMILES string of the molecule is CCOc1cccc(-c2ccc(C(=O)NS(=O)(=O)C3=CC=CCC3=O)c(N3C[C@@H](C)CC3(C)C)n2)c1.COc1cccc(Oc2cccc(S(=O)(=O)NC(=O)c3cccnc3N3CC(C)CC3(C)C)n2)c1OC.C[C@@H]1CN(c2nc(-c3ccc(OC(F)(F)F)cc3)ccc2C(=O)NS(=O)(=O)C2=CC=CCC2=O)C(C)(C)C1. The molecule has 0 radical (unpaired) electrons. The number of nitrogens with zero attached hydrogens (tertiary/aromatic N) is 7. The van der Waals surface area contributed by atoms with Crippen molar-refractivity contribution in [1.29, 1.82) is 0 Å². The topological polar surface area (TPSA) is 331 Å². The molecule has 7 aromatic rings. The lowest BCUT2D eigenvalue weighted by atomic mass is 9.97. The second-order valence-corrected chi connectivity index (χ2v) is 34.1. The second-order valence-electron chi connectivity index (χ2n) is 29.1. The quantitative estimate of drug-likeness (QED) is 0.0602. The third-order valence-electron chi connectivity index (χ3n) is 18.8. The average molecular weight is 1590 g/mol. The third kappa shape index (κ3) is 19.6. The number of alkyl halides is 3. The van der Waals surface area contributed by atoms with E-state index in [2.05, 4.69) is 75.6 Å². The highest BCUT2D eigenvalue weighted by molar-refractivity contribution is 7.95. The molecule has 588 valence electrons. The number of pyridine rings is 4. The minimum Gasteiger partial charge on any atom is -0.494 e. The Hall–Kier alpha value is -11.0. The molecule has 3 fully saturated rings. The van der Waals surface area contributed by atoms with Gasteiger partial charge in [-0.1, -0.05) is 69.3 Å². The number of rotatable bonds is 21. The van der Waals surface area contributed by atoms with E-state index >= 15 is 0 Å². The molecule has 3 saturated heterocycles. The van der Waals surface area contributed by atoms with Gasteiger partial charge < -0.3 is 38.4 Å². The number of methoxy groups -OCH3 is 2. The maximum Gasteiger partial charge on any atom is 0.573 e. The highest BCUT2D eigenvalue weighted by atomic mass is 32.2. The van der Waals surface area contributed by atoms with Crippen LogP contribution in [-0.4, -0.2) is 138 Å². The number of ether oxygens (including phenoxy) is 5. The fourth-order valence-electron chi connectivity index (χ4n) is 14.3. The minimum atomic E-state index is -4.82. The molecule has 12 rings (SSSR count). The number of hydrogen-bond donors (Lipinski definition) is 3. The number of carbonyl (C=O) groups excluding carboxylic acids is 5. The van der Waals surface area contributed by atoms with Gasteiger partial charge in [0, 0.05) is 72.5 Å². The van der Waals surface area contributed by atoms with Crippen LogP contribution in [0.3, 0.4) is 0 Å². The van der Waals surface area contributed by atoms with Crippen molar-refractivity contribution >= 4 is 76.8 Å². The molecule has 3 aliphatic heterocycles. The number of allylic oxidation sites excluding steroid dienone is 8. The first-order valence-corrected chi connectivity index (χ1v) is 40.0.